The van der Waals surface area contributed by atoms with Gasteiger partial charge in [-0.15, -0.1) is 0 Å². The standard InChI is InChI=1S/C13H16N2O2/c1-4-12(14-3)10(2)15-13(16)17-11-8-6-5-7-9-11/h4-10H,1H2,2-3H3,(H,15,16). The predicted molar refractivity (Wildman–Crippen MR) is 68.6 cm³/mol. The van der Waals surface area contributed by atoms with Gasteiger partial charge in [0.25, 0.3) is 0 Å². The largest absolute Gasteiger partial charge is 0.413 e. The van der Waals surface area contributed by atoms with Gasteiger partial charge in [-0.1, -0.05) is 24.8 Å². The lowest BCUT2D eigenvalue weighted by atomic mass is 10.2. The molecular formula is C13H16N2O2. The number of carbonyl (C=O) groups excluding carboxylic acids is 1. The SMILES string of the molecule is C=CC(=NC)C(C)NC(=O)Oc1ccccc1. The van der Waals surface area contributed by atoms with Crippen molar-refractivity contribution in [1.82, 2.24) is 5.32 Å². The first kappa shape index (κ1) is 13.0. The van der Waals surface area contributed by atoms with Crippen molar-refractivity contribution in [2.45, 2.75) is 13.0 Å². The summed E-state index contributed by atoms with van der Waals surface area (Å²) in [5.41, 5.74) is 0.704. The molecule has 1 atom stereocenters. The highest BCUT2D eigenvalue weighted by molar-refractivity contribution is 6.00. The molecule has 90 valence electrons. The van der Waals surface area contributed by atoms with Gasteiger partial charge in [0.2, 0.25) is 0 Å². The van der Waals surface area contributed by atoms with Crippen molar-refractivity contribution in [3.8, 4) is 5.75 Å². The second-order valence-electron chi connectivity index (χ2n) is 3.42. The second-order valence-corrected chi connectivity index (χ2v) is 3.42. The number of ether oxygens (including phenoxy) is 1. The third-order valence-electron chi connectivity index (χ3n) is 2.20. The lowest BCUT2D eigenvalue weighted by Gasteiger charge is -2.13. The number of carbonyl (C=O) groups is 1. The average molecular weight is 232 g/mol. The summed E-state index contributed by atoms with van der Waals surface area (Å²) in [6, 6.07) is 8.66. The van der Waals surface area contributed by atoms with Gasteiger partial charge >= 0.3 is 6.09 Å². The number of para-hydroxylation sites is 1. The third kappa shape index (κ3) is 4.10. The van der Waals surface area contributed by atoms with Crippen molar-refractivity contribution in [3.63, 3.8) is 0 Å². The fraction of sp³-hybridized carbons (Fsp3) is 0.231. The Hall–Kier alpha value is -2.10. The van der Waals surface area contributed by atoms with E-state index in [4.69, 9.17) is 4.74 Å². The van der Waals surface area contributed by atoms with E-state index in [0.717, 1.165) is 0 Å². The highest BCUT2D eigenvalue weighted by Gasteiger charge is 2.11. The van der Waals surface area contributed by atoms with Crippen LogP contribution < -0.4 is 10.1 Å². The van der Waals surface area contributed by atoms with Gasteiger partial charge in [0.05, 0.1) is 11.8 Å². The monoisotopic (exact) mass is 232 g/mol. The molecule has 0 aliphatic heterocycles. The number of nitrogens with one attached hydrogen (secondary N) is 1. The summed E-state index contributed by atoms with van der Waals surface area (Å²) < 4.78 is 5.08. The molecule has 4 nitrogen and oxygen atoms in total. The zero-order chi connectivity index (χ0) is 12.7. The van der Waals surface area contributed by atoms with E-state index in [9.17, 15) is 4.79 Å². The van der Waals surface area contributed by atoms with Crippen molar-refractivity contribution in [1.29, 1.82) is 0 Å². The Morgan fingerprint density at radius 1 is 1.47 bits per heavy atom. The van der Waals surface area contributed by atoms with E-state index in [1.165, 1.54) is 0 Å². The molecule has 0 spiro atoms. The lowest BCUT2D eigenvalue weighted by Crippen LogP contribution is -2.39. The van der Waals surface area contributed by atoms with Gasteiger partial charge < -0.3 is 10.1 Å². The summed E-state index contributed by atoms with van der Waals surface area (Å²) in [4.78, 5) is 15.5. The minimum absolute atomic E-state index is 0.228. The maximum absolute atomic E-state index is 11.5. The third-order valence-corrected chi connectivity index (χ3v) is 2.20. The molecular weight excluding hydrogens is 216 g/mol. The van der Waals surface area contributed by atoms with Crippen LogP contribution in [0.2, 0.25) is 0 Å². The molecule has 17 heavy (non-hydrogen) atoms. The van der Waals surface area contributed by atoms with Gasteiger partial charge in [-0.25, -0.2) is 4.79 Å². The molecule has 0 aliphatic carbocycles. The van der Waals surface area contributed by atoms with E-state index in [0.29, 0.717) is 11.5 Å². The molecule has 0 aliphatic rings. The van der Waals surface area contributed by atoms with E-state index >= 15 is 0 Å². The van der Waals surface area contributed by atoms with Gasteiger partial charge in [-0.2, -0.15) is 0 Å². The molecule has 1 rings (SSSR count). The van der Waals surface area contributed by atoms with Crippen LogP contribution in [0.3, 0.4) is 0 Å². The summed E-state index contributed by atoms with van der Waals surface area (Å²) in [6.07, 6.45) is 1.10. The Morgan fingerprint density at radius 3 is 2.65 bits per heavy atom. The van der Waals surface area contributed by atoms with Gasteiger partial charge in [-0.05, 0) is 25.1 Å². The van der Waals surface area contributed by atoms with Gasteiger partial charge in [0.15, 0.2) is 0 Å². The molecule has 0 saturated heterocycles. The normalized spacial score (nSPS) is 12.7. The van der Waals surface area contributed by atoms with Crippen LogP contribution in [0.15, 0.2) is 48.0 Å². The molecule has 4 heteroatoms. The van der Waals surface area contributed by atoms with Crippen LogP contribution in [0.5, 0.6) is 5.75 Å². The quantitative estimate of drug-likeness (QED) is 0.810. The van der Waals surface area contributed by atoms with Crippen LogP contribution in [0.25, 0.3) is 0 Å². The molecule has 1 unspecified atom stereocenters. The number of rotatable bonds is 4. The zero-order valence-electron chi connectivity index (χ0n) is 10.0. The Balaban J connectivity index is 2.53. The fourth-order valence-corrected chi connectivity index (χ4v) is 1.34. The molecule has 0 bridgehead atoms. The van der Waals surface area contributed by atoms with Gasteiger partial charge in [0, 0.05) is 7.05 Å². The van der Waals surface area contributed by atoms with Crippen LogP contribution in [0.4, 0.5) is 4.79 Å². The lowest BCUT2D eigenvalue weighted by molar-refractivity contribution is 0.199. The molecule has 1 aromatic carbocycles. The number of hydrogen-bond donors (Lipinski definition) is 1. The highest BCUT2D eigenvalue weighted by Crippen LogP contribution is 2.08. The first-order chi connectivity index (χ1) is 8.17. The Labute approximate surface area is 101 Å². The Kier molecular flexibility index (Phi) is 4.94. The van der Waals surface area contributed by atoms with Gasteiger partial charge in [-0.3, -0.25) is 4.99 Å². The molecule has 1 N–H and O–H groups in total. The summed E-state index contributed by atoms with van der Waals surface area (Å²) in [5.74, 6) is 0.505. The van der Waals surface area contributed by atoms with Crippen LogP contribution >= 0.6 is 0 Å². The first-order valence-electron chi connectivity index (χ1n) is 5.30. The minimum Gasteiger partial charge on any atom is -0.410 e. The predicted octanol–water partition coefficient (Wildman–Crippen LogP) is 2.42. The molecule has 0 aromatic heterocycles. The maximum atomic E-state index is 11.5. The van der Waals surface area contributed by atoms with Crippen molar-refractivity contribution >= 4 is 11.8 Å². The number of benzene rings is 1. The smallest absolute Gasteiger partial charge is 0.410 e. The summed E-state index contributed by atoms with van der Waals surface area (Å²) in [5, 5.41) is 2.67. The molecule has 0 heterocycles. The zero-order valence-corrected chi connectivity index (χ0v) is 10.0. The van der Waals surface area contributed by atoms with Crippen molar-refractivity contribution in [3.05, 3.63) is 43.0 Å². The van der Waals surface area contributed by atoms with E-state index in [2.05, 4.69) is 16.9 Å². The summed E-state index contributed by atoms with van der Waals surface area (Å²) in [7, 11) is 1.65. The van der Waals surface area contributed by atoms with Crippen LogP contribution in [0, 0.1) is 0 Å². The average Bonchev–Trinajstić information content (AvgIpc) is 2.31. The maximum Gasteiger partial charge on any atom is 0.413 e. The first-order valence-corrected chi connectivity index (χ1v) is 5.30. The molecule has 1 amide bonds. The van der Waals surface area contributed by atoms with Crippen LogP contribution in [-0.4, -0.2) is 24.9 Å². The number of nitrogens with zero attached hydrogens (tertiary/aromatic N) is 1. The van der Waals surface area contributed by atoms with Crippen molar-refractivity contribution in [2.75, 3.05) is 7.05 Å². The molecule has 0 saturated carbocycles. The van der Waals surface area contributed by atoms with Crippen LogP contribution in [0.1, 0.15) is 6.92 Å². The number of hydrogen-bond acceptors (Lipinski definition) is 3. The van der Waals surface area contributed by atoms with E-state index in [1.807, 2.05) is 13.0 Å². The Morgan fingerprint density at radius 2 is 2.12 bits per heavy atom. The summed E-state index contributed by atoms with van der Waals surface area (Å²) >= 11 is 0. The second kappa shape index (κ2) is 6.48. The fourth-order valence-electron chi connectivity index (χ4n) is 1.34. The topological polar surface area (TPSA) is 50.7 Å². The number of amides is 1. The number of aliphatic imine (C=N–C) groups is 1. The van der Waals surface area contributed by atoms with Gasteiger partial charge in [0.1, 0.15) is 5.75 Å². The molecule has 1 aromatic rings. The van der Waals surface area contributed by atoms with E-state index in [1.54, 1.807) is 37.4 Å². The van der Waals surface area contributed by atoms with Crippen LogP contribution in [-0.2, 0) is 0 Å². The minimum atomic E-state index is -0.508. The Bertz CT molecular complexity index is 413. The highest BCUT2D eigenvalue weighted by atomic mass is 16.6. The molecule has 0 radical (unpaired) electrons. The molecule has 0 fully saturated rings. The van der Waals surface area contributed by atoms with Crippen molar-refractivity contribution < 1.29 is 9.53 Å². The van der Waals surface area contributed by atoms with E-state index in [-0.39, 0.29) is 6.04 Å². The van der Waals surface area contributed by atoms with E-state index < -0.39 is 6.09 Å². The summed E-state index contributed by atoms with van der Waals surface area (Å²) in [6.45, 7) is 5.44. The van der Waals surface area contributed by atoms with Crippen molar-refractivity contribution in [2.24, 2.45) is 4.99 Å².